The summed E-state index contributed by atoms with van der Waals surface area (Å²) in [6.45, 7) is 1.30. The zero-order valence-corrected chi connectivity index (χ0v) is 14.4. The van der Waals surface area contributed by atoms with E-state index < -0.39 is 5.97 Å². The molecule has 4 aromatic rings. The standard InChI is InChI=1S/C18H13ClN4O3/c1-9(24)26-10-6-7-12(19)14(8-10)23-17(20)15-16(22-23)11-4-2-3-5-13(11)21-18(15)25/h2-8H,20H2,1H3,(H,21,25). The van der Waals surface area contributed by atoms with Crippen LogP contribution in [0.1, 0.15) is 6.92 Å². The Kier molecular flexibility index (Phi) is 3.66. The van der Waals surface area contributed by atoms with Crippen LogP contribution in [0.2, 0.25) is 5.02 Å². The quantitative estimate of drug-likeness (QED) is 0.418. The first kappa shape index (κ1) is 16.2. The molecule has 0 atom stereocenters. The second-order valence-electron chi connectivity index (χ2n) is 5.73. The minimum Gasteiger partial charge on any atom is -0.427 e. The monoisotopic (exact) mass is 368 g/mol. The van der Waals surface area contributed by atoms with E-state index in [1.54, 1.807) is 24.3 Å². The number of para-hydroxylation sites is 1. The normalized spacial score (nSPS) is 11.2. The van der Waals surface area contributed by atoms with Crippen LogP contribution in [0.25, 0.3) is 27.5 Å². The van der Waals surface area contributed by atoms with Crippen LogP contribution in [0.4, 0.5) is 5.82 Å². The Labute approximate surface area is 151 Å². The number of hydrogen-bond acceptors (Lipinski definition) is 5. The summed E-state index contributed by atoms with van der Waals surface area (Å²) < 4.78 is 6.47. The van der Waals surface area contributed by atoms with Crippen molar-refractivity contribution in [2.45, 2.75) is 6.92 Å². The molecule has 0 saturated heterocycles. The highest BCUT2D eigenvalue weighted by molar-refractivity contribution is 6.32. The highest BCUT2D eigenvalue weighted by Gasteiger charge is 2.18. The number of halogens is 1. The highest BCUT2D eigenvalue weighted by atomic mass is 35.5. The minimum atomic E-state index is -0.459. The van der Waals surface area contributed by atoms with Crippen molar-refractivity contribution in [3.63, 3.8) is 0 Å². The van der Waals surface area contributed by atoms with Crippen molar-refractivity contribution in [2.24, 2.45) is 0 Å². The van der Waals surface area contributed by atoms with Gasteiger partial charge in [0.1, 0.15) is 22.5 Å². The van der Waals surface area contributed by atoms with Crippen LogP contribution in [0.5, 0.6) is 5.75 Å². The number of hydrogen-bond donors (Lipinski definition) is 2. The van der Waals surface area contributed by atoms with Crippen molar-refractivity contribution in [3.8, 4) is 11.4 Å². The number of nitrogens with one attached hydrogen (secondary N) is 1. The first-order valence-electron chi connectivity index (χ1n) is 7.73. The lowest BCUT2D eigenvalue weighted by Gasteiger charge is -2.08. The van der Waals surface area contributed by atoms with Gasteiger partial charge in [-0.25, -0.2) is 4.68 Å². The van der Waals surface area contributed by atoms with E-state index in [2.05, 4.69) is 10.1 Å². The predicted octanol–water partition coefficient (Wildman–Crippen LogP) is 3.03. The number of carbonyl (C=O) groups is 1. The molecule has 0 aliphatic rings. The minimum absolute atomic E-state index is 0.147. The summed E-state index contributed by atoms with van der Waals surface area (Å²) in [6.07, 6.45) is 0. The topological polar surface area (TPSA) is 103 Å². The molecule has 0 spiro atoms. The fraction of sp³-hybridized carbons (Fsp3) is 0.0556. The van der Waals surface area contributed by atoms with E-state index in [0.29, 0.717) is 27.5 Å². The fourth-order valence-corrected chi connectivity index (χ4v) is 3.09. The third-order valence-electron chi connectivity index (χ3n) is 3.99. The molecule has 3 N–H and O–H groups in total. The Hall–Kier alpha value is -3.32. The maximum absolute atomic E-state index is 12.5. The van der Waals surface area contributed by atoms with Gasteiger partial charge >= 0.3 is 5.97 Å². The average Bonchev–Trinajstić information content (AvgIpc) is 2.94. The van der Waals surface area contributed by atoms with Crippen LogP contribution < -0.4 is 16.0 Å². The Bertz CT molecular complexity index is 1240. The van der Waals surface area contributed by atoms with Gasteiger partial charge in [0.15, 0.2) is 0 Å². The third kappa shape index (κ3) is 2.49. The molecule has 2 aromatic carbocycles. The van der Waals surface area contributed by atoms with E-state index >= 15 is 0 Å². The van der Waals surface area contributed by atoms with Gasteiger partial charge in [-0.15, -0.1) is 0 Å². The smallest absolute Gasteiger partial charge is 0.308 e. The summed E-state index contributed by atoms with van der Waals surface area (Å²) in [5.74, 6) is -0.0113. The summed E-state index contributed by atoms with van der Waals surface area (Å²) in [6, 6.07) is 12.0. The molecular formula is C18H13ClN4O3. The van der Waals surface area contributed by atoms with E-state index in [4.69, 9.17) is 22.1 Å². The number of esters is 1. The predicted molar refractivity (Wildman–Crippen MR) is 99.9 cm³/mol. The third-order valence-corrected chi connectivity index (χ3v) is 4.31. The van der Waals surface area contributed by atoms with E-state index in [1.807, 2.05) is 18.2 Å². The average molecular weight is 369 g/mol. The first-order valence-corrected chi connectivity index (χ1v) is 8.11. The molecule has 0 aliphatic carbocycles. The fourth-order valence-electron chi connectivity index (χ4n) is 2.89. The largest absolute Gasteiger partial charge is 0.427 e. The van der Waals surface area contributed by atoms with Crippen LogP contribution in [-0.4, -0.2) is 20.7 Å². The lowest BCUT2D eigenvalue weighted by molar-refractivity contribution is -0.131. The Balaban J connectivity index is 2.03. The zero-order valence-electron chi connectivity index (χ0n) is 13.6. The van der Waals surface area contributed by atoms with Gasteiger partial charge in [0.25, 0.3) is 5.56 Å². The summed E-state index contributed by atoms with van der Waals surface area (Å²) in [5, 5.41) is 5.89. The van der Waals surface area contributed by atoms with Crippen molar-refractivity contribution < 1.29 is 9.53 Å². The number of ether oxygens (including phenoxy) is 1. The van der Waals surface area contributed by atoms with E-state index in [0.717, 1.165) is 5.39 Å². The molecule has 26 heavy (non-hydrogen) atoms. The number of pyridine rings is 1. The first-order chi connectivity index (χ1) is 12.5. The van der Waals surface area contributed by atoms with Gasteiger partial charge in [-0.1, -0.05) is 29.8 Å². The molecule has 0 saturated carbocycles. The Morgan fingerprint density at radius 2 is 2.04 bits per heavy atom. The number of H-pyrrole nitrogens is 1. The van der Waals surface area contributed by atoms with Crippen LogP contribution in [0.15, 0.2) is 47.3 Å². The SMILES string of the molecule is CC(=O)Oc1ccc(Cl)c(-n2nc3c(c2N)c(=O)[nH]c2ccccc23)c1. The summed E-state index contributed by atoms with van der Waals surface area (Å²) in [7, 11) is 0. The number of nitrogen functional groups attached to an aromatic ring is 1. The van der Waals surface area contributed by atoms with Gasteiger partial charge in [-0.05, 0) is 18.2 Å². The maximum atomic E-state index is 12.5. The number of carbonyl (C=O) groups excluding carboxylic acids is 1. The number of rotatable bonds is 2. The summed E-state index contributed by atoms with van der Waals surface area (Å²) in [5.41, 5.74) is 7.39. The second-order valence-corrected chi connectivity index (χ2v) is 6.13. The second kappa shape index (κ2) is 5.89. The number of aromatic nitrogens is 3. The lowest BCUT2D eigenvalue weighted by atomic mass is 10.1. The molecule has 0 amide bonds. The van der Waals surface area contributed by atoms with E-state index in [-0.39, 0.29) is 16.8 Å². The molecule has 8 heteroatoms. The number of nitrogens with two attached hydrogens (primary N) is 1. The number of aromatic amines is 1. The van der Waals surface area contributed by atoms with Crippen molar-refractivity contribution >= 4 is 45.2 Å². The molecule has 130 valence electrons. The molecule has 0 bridgehead atoms. The molecule has 7 nitrogen and oxygen atoms in total. The molecule has 0 radical (unpaired) electrons. The van der Waals surface area contributed by atoms with Gasteiger partial charge in [0, 0.05) is 18.4 Å². The van der Waals surface area contributed by atoms with Gasteiger partial charge < -0.3 is 15.5 Å². The molecule has 0 aliphatic heterocycles. The van der Waals surface area contributed by atoms with Crippen molar-refractivity contribution in [1.82, 2.24) is 14.8 Å². The van der Waals surface area contributed by atoms with Crippen LogP contribution >= 0.6 is 11.6 Å². The highest BCUT2D eigenvalue weighted by Crippen LogP contribution is 2.31. The lowest BCUT2D eigenvalue weighted by Crippen LogP contribution is -2.08. The van der Waals surface area contributed by atoms with Crippen molar-refractivity contribution in [1.29, 1.82) is 0 Å². The van der Waals surface area contributed by atoms with Crippen molar-refractivity contribution in [2.75, 3.05) is 5.73 Å². The number of anilines is 1. The number of nitrogens with zero attached hydrogens (tertiary/aromatic N) is 2. The molecule has 4 rings (SSSR count). The molecule has 0 unspecified atom stereocenters. The van der Waals surface area contributed by atoms with Gasteiger partial charge in [0.2, 0.25) is 0 Å². The van der Waals surface area contributed by atoms with Crippen LogP contribution in [0, 0.1) is 0 Å². The Morgan fingerprint density at radius 1 is 1.27 bits per heavy atom. The summed E-state index contributed by atoms with van der Waals surface area (Å²) in [4.78, 5) is 26.5. The van der Waals surface area contributed by atoms with Gasteiger partial charge in [-0.2, -0.15) is 5.10 Å². The summed E-state index contributed by atoms with van der Waals surface area (Å²) >= 11 is 6.28. The number of fused-ring (bicyclic) bond motifs is 3. The molecule has 2 aromatic heterocycles. The number of benzene rings is 2. The van der Waals surface area contributed by atoms with E-state index in [1.165, 1.54) is 11.6 Å². The zero-order chi connectivity index (χ0) is 18.4. The molecule has 2 heterocycles. The van der Waals surface area contributed by atoms with Crippen molar-refractivity contribution in [3.05, 3.63) is 57.8 Å². The van der Waals surface area contributed by atoms with Gasteiger partial charge in [-0.3, -0.25) is 9.59 Å². The van der Waals surface area contributed by atoms with E-state index in [9.17, 15) is 9.59 Å². The van der Waals surface area contributed by atoms with Crippen LogP contribution in [0.3, 0.4) is 0 Å². The molecular weight excluding hydrogens is 356 g/mol. The van der Waals surface area contributed by atoms with Crippen LogP contribution in [-0.2, 0) is 4.79 Å². The Morgan fingerprint density at radius 3 is 2.81 bits per heavy atom. The molecule has 0 fully saturated rings. The maximum Gasteiger partial charge on any atom is 0.308 e. The van der Waals surface area contributed by atoms with Gasteiger partial charge in [0.05, 0.1) is 16.2 Å².